The molecule has 0 saturated heterocycles. The lowest BCUT2D eigenvalue weighted by Crippen LogP contribution is -2.51. The van der Waals surface area contributed by atoms with Crippen LogP contribution in [0.25, 0.3) is 0 Å². The summed E-state index contributed by atoms with van der Waals surface area (Å²) < 4.78 is 28.5. The van der Waals surface area contributed by atoms with Crippen LogP contribution in [0.4, 0.5) is 0 Å². The number of guanidine groups is 1. The molecule has 7 N–H and O–H groups in total. The van der Waals surface area contributed by atoms with E-state index in [0.717, 1.165) is 16.8 Å². The van der Waals surface area contributed by atoms with Gasteiger partial charge in [-0.15, -0.1) is 0 Å². The number of amides is 1. The smallest absolute Gasteiger partial charge is 0.328 e. The van der Waals surface area contributed by atoms with E-state index in [1.165, 1.54) is 6.92 Å². The van der Waals surface area contributed by atoms with Crippen LogP contribution >= 0.6 is 0 Å². The summed E-state index contributed by atoms with van der Waals surface area (Å²) in [5.41, 5.74) is 4.54. The SMILES string of the molecule is CC(=O)[C@H](CCC(NC(=N)N)NS(=O)(=O)Cc1ccccc1)NC(=O)Cn1ccc(=O)[nH]c1=O. The number of carbonyl (C=O) groups excluding carboxylic acids is 2. The van der Waals surface area contributed by atoms with Gasteiger partial charge in [0.15, 0.2) is 11.7 Å². The Morgan fingerprint density at radius 2 is 1.79 bits per heavy atom. The molecule has 0 fully saturated rings. The molecule has 14 heteroatoms. The molecule has 2 aromatic rings. The van der Waals surface area contributed by atoms with Crippen molar-refractivity contribution in [2.24, 2.45) is 5.73 Å². The van der Waals surface area contributed by atoms with Crippen LogP contribution in [0.1, 0.15) is 25.3 Å². The molecule has 1 aromatic heterocycles. The van der Waals surface area contributed by atoms with E-state index in [4.69, 9.17) is 11.1 Å². The fourth-order valence-electron chi connectivity index (χ4n) is 3.07. The highest BCUT2D eigenvalue weighted by atomic mass is 32.2. The fraction of sp³-hybridized carbons (Fsp3) is 0.350. The Labute approximate surface area is 195 Å². The van der Waals surface area contributed by atoms with Crippen molar-refractivity contribution >= 4 is 27.7 Å². The van der Waals surface area contributed by atoms with Gasteiger partial charge in [0.25, 0.3) is 5.56 Å². The van der Waals surface area contributed by atoms with Crippen molar-refractivity contribution in [3.8, 4) is 0 Å². The van der Waals surface area contributed by atoms with E-state index in [2.05, 4.69) is 15.4 Å². The fourth-order valence-corrected chi connectivity index (χ4v) is 4.40. The Balaban J connectivity index is 2.03. The third kappa shape index (κ3) is 8.99. The highest BCUT2D eigenvalue weighted by Gasteiger charge is 2.23. The van der Waals surface area contributed by atoms with E-state index >= 15 is 0 Å². The number of ketones is 1. The summed E-state index contributed by atoms with van der Waals surface area (Å²) >= 11 is 0. The van der Waals surface area contributed by atoms with Crippen molar-refractivity contribution in [1.82, 2.24) is 24.9 Å². The molecule has 1 unspecified atom stereocenters. The third-order valence-electron chi connectivity index (χ3n) is 4.63. The number of carbonyl (C=O) groups is 2. The van der Waals surface area contributed by atoms with Crippen molar-refractivity contribution in [1.29, 1.82) is 5.41 Å². The Hall–Kier alpha value is -3.78. The number of hydrogen-bond donors (Lipinski definition) is 6. The second-order valence-electron chi connectivity index (χ2n) is 7.52. The van der Waals surface area contributed by atoms with Gasteiger partial charge in [-0.05, 0) is 25.3 Å². The standard InChI is InChI=1S/C20H27N7O6S/c1-13(28)15(23-18(30)11-27-10-9-17(29)25-20(27)31)7-8-16(24-19(21)22)26-34(32,33)12-14-5-3-2-4-6-14/h2-6,9-10,15-16,26H,7-8,11-12H2,1H3,(H,23,30)(H4,21,22,24)(H,25,29,31)/t15-,16?/m0/s1. The summed E-state index contributed by atoms with van der Waals surface area (Å²) in [6.45, 7) is 0.822. The molecule has 0 saturated carbocycles. The Bertz CT molecular complexity index is 1240. The quantitative estimate of drug-likeness (QED) is 0.114. The van der Waals surface area contributed by atoms with Gasteiger partial charge in [-0.2, -0.15) is 4.72 Å². The molecule has 184 valence electrons. The summed E-state index contributed by atoms with van der Waals surface area (Å²) in [6, 6.07) is 8.57. The first-order chi connectivity index (χ1) is 15.9. The minimum atomic E-state index is -3.82. The molecule has 0 aliphatic rings. The van der Waals surface area contributed by atoms with Gasteiger partial charge >= 0.3 is 5.69 Å². The van der Waals surface area contributed by atoms with Gasteiger partial charge in [-0.25, -0.2) is 13.2 Å². The van der Waals surface area contributed by atoms with Crippen LogP contribution in [0.3, 0.4) is 0 Å². The summed E-state index contributed by atoms with van der Waals surface area (Å²) in [7, 11) is -3.82. The zero-order chi connectivity index (χ0) is 25.3. The lowest BCUT2D eigenvalue weighted by molar-refractivity contribution is -0.127. The van der Waals surface area contributed by atoms with Gasteiger partial charge in [-0.3, -0.25) is 29.3 Å². The Kier molecular flexibility index (Phi) is 9.27. The van der Waals surface area contributed by atoms with Gasteiger partial charge in [0.05, 0.1) is 18.0 Å². The second-order valence-corrected chi connectivity index (χ2v) is 9.27. The number of nitrogens with one attached hydrogen (secondary N) is 5. The number of aromatic nitrogens is 2. The first-order valence-corrected chi connectivity index (χ1v) is 11.8. The molecule has 0 aliphatic heterocycles. The number of Topliss-reactive ketones (excluding diaryl/α,β-unsaturated/α-hetero) is 1. The lowest BCUT2D eigenvalue weighted by Gasteiger charge is -2.23. The van der Waals surface area contributed by atoms with Gasteiger partial charge in [-0.1, -0.05) is 30.3 Å². The van der Waals surface area contributed by atoms with Crippen molar-refractivity contribution in [3.63, 3.8) is 0 Å². The molecule has 0 bridgehead atoms. The van der Waals surface area contributed by atoms with E-state index in [0.29, 0.717) is 5.56 Å². The minimum Gasteiger partial charge on any atom is -0.370 e. The second kappa shape index (κ2) is 11.9. The van der Waals surface area contributed by atoms with Crippen LogP contribution in [0.15, 0.2) is 52.2 Å². The lowest BCUT2D eigenvalue weighted by atomic mass is 10.1. The average Bonchev–Trinajstić information content (AvgIpc) is 2.72. The topological polar surface area (TPSA) is 209 Å². The zero-order valence-electron chi connectivity index (χ0n) is 18.4. The van der Waals surface area contributed by atoms with E-state index in [-0.39, 0.29) is 18.6 Å². The molecule has 1 amide bonds. The Morgan fingerprint density at radius 3 is 2.38 bits per heavy atom. The van der Waals surface area contributed by atoms with E-state index in [9.17, 15) is 27.6 Å². The van der Waals surface area contributed by atoms with E-state index in [1.807, 2.05) is 4.98 Å². The summed E-state index contributed by atoms with van der Waals surface area (Å²) in [6.07, 6.45) is 0.168. The molecule has 34 heavy (non-hydrogen) atoms. The maximum atomic E-state index is 12.6. The van der Waals surface area contributed by atoms with Crippen LogP contribution < -0.4 is 32.3 Å². The largest absolute Gasteiger partial charge is 0.370 e. The number of hydrogen-bond acceptors (Lipinski definition) is 7. The van der Waals surface area contributed by atoms with Gasteiger partial charge < -0.3 is 16.4 Å². The maximum Gasteiger partial charge on any atom is 0.328 e. The van der Waals surface area contributed by atoms with Gasteiger partial charge in [0.1, 0.15) is 6.54 Å². The van der Waals surface area contributed by atoms with Crippen LogP contribution in [-0.4, -0.2) is 47.8 Å². The first-order valence-electron chi connectivity index (χ1n) is 10.2. The Morgan fingerprint density at radius 1 is 1.12 bits per heavy atom. The van der Waals surface area contributed by atoms with Crippen molar-refractivity contribution in [2.75, 3.05) is 0 Å². The van der Waals surface area contributed by atoms with Crippen LogP contribution in [0.5, 0.6) is 0 Å². The monoisotopic (exact) mass is 493 g/mol. The molecule has 1 heterocycles. The van der Waals surface area contributed by atoms with Crippen molar-refractivity contribution in [3.05, 3.63) is 69.0 Å². The minimum absolute atomic E-state index is 0.0106. The molecule has 1 aromatic carbocycles. The number of sulfonamides is 1. The molecular weight excluding hydrogens is 466 g/mol. The third-order valence-corrected chi connectivity index (χ3v) is 5.99. The highest BCUT2D eigenvalue weighted by molar-refractivity contribution is 7.88. The van der Waals surface area contributed by atoms with Gasteiger partial charge in [0.2, 0.25) is 15.9 Å². The molecule has 2 atom stereocenters. The number of benzene rings is 1. The number of nitrogens with zero attached hydrogens (tertiary/aromatic N) is 1. The number of H-pyrrole nitrogens is 1. The number of nitrogens with two attached hydrogens (primary N) is 1. The molecule has 0 radical (unpaired) electrons. The molecular formula is C20H27N7O6S. The molecule has 2 rings (SSSR count). The van der Waals surface area contributed by atoms with E-state index < -0.39 is 57.7 Å². The number of aromatic amines is 1. The predicted octanol–water partition coefficient (Wildman–Crippen LogP) is -1.68. The van der Waals surface area contributed by atoms with Crippen molar-refractivity contribution in [2.45, 2.75) is 44.3 Å². The van der Waals surface area contributed by atoms with Crippen LogP contribution in [0, 0.1) is 5.41 Å². The average molecular weight is 494 g/mol. The summed E-state index contributed by atoms with van der Waals surface area (Å²) in [4.78, 5) is 49.2. The van der Waals surface area contributed by atoms with Crippen molar-refractivity contribution < 1.29 is 18.0 Å². The van der Waals surface area contributed by atoms with Crippen LogP contribution in [0.2, 0.25) is 0 Å². The van der Waals surface area contributed by atoms with Crippen LogP contribution in [-0.2, 0) is 31.9 Å². The first kappa shape index (κ1) is 26.5. The predicted molar refractivity (Wildman–Crippen MR) is 124 cm³/mol. The van der Waals surface area contributed by atoms with E-state index in [1.54, 1.807) is 30.3 Å². The summed E-state index contributed by atoms with van der Waals surface area (Å²) in [5.74, 6) is -1.83. The highest BCUT2D eigenvalue weighted by Crippen LogP contribution is 2.08. The zero-order valence-corrected chi connectivity index (χ0v) is 19.2. The molecule has 13 nitrogen and oxygen atoms in total. The summed E-state index contributed by atoms with van der Waals surface area (Å²) in [5, 5.41) is 12.4. The molecule has 0 spiro atoms. The number of rotatable bonds is 12. The van der Waals surface area contributed by atoms with Gasteiger partial charge in [0, 0.05) is 12.3 Å². The molecule has 0 aliphatic carbocycles. The maximum absolute atomic E-state index is 12.6. The normalized spacial score (nSPS) is 13.0.